The monoisotopic (exact) mass is 267 g/mol. The van der Waals surface area contributed by atoms with Crippen molar-refractivity contribution in [2.45, 2.75) is 64.0 Å². The number of likely N-dealkylation sites (tertiary alicyclic amines) is 1. The van der Waals surface area contributed by atoms with Crippen LogP contribution in [0.15, 0.2) is 0 Å². The maximum absolute atomic E-state index is 11.8. The lowest BCUT2D eigenvalue weighted by atomic mass is 10.0. The second-order valence-electron chi connectivity index (χ2n) is 6.02. The standard InChI is InChI=1S/C15H29N3O/c1-2-3-10-18-11-7-14(8-12-18)17-15(19)6-9-16-13-4-5-13/h13-14,16H,2-12H2,1H3,(H,17,19). The van der Waals surface area contributed by atoms with Crippen LogP contribution in [0.25, 0.3) is 0 Å². The van der Waals surface area contributed by atoms with Crippen molar-refractivity contribution in [2.75, 3.05) is 26.2 Å². The summed E-state index contributed by atoms with van der Waals surface area (Å²) in [6.45, 7) is 6.59. The van der Waals surface area contributed by atoms with E-state index in [0.717, 1.165) is 32.5 Å². The topological polar surface area (TPSA) is 44.4 Å². The smallest absolute Gasteiger partial charge is 0.221 e. The van der Waals surface area contributed by atoms with Gasteiger partial charge in [-0.05, 0) is 38.6 Å². The van der Waals surface area contributed by atoms with Crippen molar-refractivity contribution in [3.8, 4) is 0 Å². The number of hydrogen-bond acceptors (Lipinski definition) is 3. The Balaban J connectivity index is 1.52. The van der Waals surface area contributed by atoms with Crippen molar-refractivity contribution in [3.05, 3.63) is 0 Å². The molecule has 1 heterocycles. The maximum atomic E-state index is 11.8. The molecule has 0 radical (unpaired) electrons. The Morgan fingerprint density at radius 1 is 1.16 bits per heavy atom. The van der Waals surface area contributed by atoms with Crippen molar-refractivity contribution < 1.29 is 4.79 Å². The summed E-state index contributed by atoms with van der Waals surface area (Å²) in [4.78, 5) is 14.3. The lowest BCUT2D eigenvalue weighted by Gasteiger charge is -2.32. The number of nitrogens with zero attached hydrogens (tertiary/aromatic N) is 1. The van der Waals surface area contributed by atoms with Crippen LogP contribution < -0.4 is 10.6 Å². The molecule has 1 amide bonds. The summed E-state index contributed by atoms with van der Waals surface area (Å²) in [5.74, 6) is 0.222. The molecule has 0 aromatic rings. The lowest BCUT2D eigenvalue weighted by molar-refractivity contribution is -0.122. The fourth-order valence-corrected chi connectivity index (χ4v) is 2.66. The maximum Gasteiger partial charge on any atom is 0.221 e. The molecule has 4 nitrogen and oxygen atoms in total. The second kappa shape index (κ2) is 7.85. The third-order valence-corrected chi connectivity index (χ3v) is 4.14. The van der Waals surface area contributed by atoms with Gasteiger partial charge < -0.3 is 15.5 Å². The molecule has 2 aliphatic rings. The third-order valence-electron chi connectivity index (χ3n) is 4.14. The Bertz CT molecular complexity index is 271. The number of carbonyl (C=O) groups excluding carboxylic acids is 1. The number of carbonyl (C=O) groups is 1. The molecule has 0 aromatic heterocycles. The highest BCUT2D eigenvalue weighted by Gasteiger charge is 2.22. The highest BCUT2D eigenvalue weighted by molar-refractivity contribution is 5.76. The predicted molar refractivity (Wildman–Crippen MR) is 78.2 cm³/mol. The van der Waals surface area contributed by atoms with E-state index in [2.05, 4.69) is 22.5 Å². The fraction of sp³-hybridized carbons (Fsp3) is 0.933. The number of unbranched alkanes of at least 4 members (excludes halogenated alkanes) is 1. The SMILES string of the molecule is CCCCN1CCC(NC(=O)CCNC2CC2)CC1. The molecule has 4 heteroatoms. The van der Waals surface area contributed by atoms with Crippen LogP contribution in [0.1, 0.15) is 51.9 Å². The Hall–Kier alpha value is -0.610. The molecule has 2 rings (SSSR count). The van der Waals surface area contributed by atoms with Crippen LogP contribution in [0, 0.1) is 0 Å². The average Bonchev–Trinajstić information content (AvgIpc) is 3.22. The van der Waals surface area contributed by atoms with Crippen molar-refractivity contribution in [2.24, 2.45) is 0 Å². The van der Waals surface area contributed by atoms with Crippen LogP contribution in [0.2, 0.25) is 0 Å². The number of amides is 1. The molecular formula is C15H29N3O. The van der Waals surface area contributed by atoms with Crippen LogP contribution in [0.5, 0.6) is 0 Å². The van der Waals surface area contributed by atoms with Gasteiger partial charge >= 0.3 is 0 Å². The van der Waals surface area contributed by atoms with E-state index in [0.29, 0.717) is 18.5 Å². The first kappa shape index (κ1) is 14.8. The molecule has 1 saturated carbocycles. The molecule has 1 aliphatic carbocycles. The molecule has 2 fully saturated rings. The minimum atomic E-state index is 0.222. The van der Waals surface area contributed by atoms with Gasteiger partial charge in [0.15, 0.2) is 0 Å². The highest BCUT2D eigenvalue weighted by atomic mass is 16.1. The summed E-state index contributed by atoms with van der Waals surface area (Å²) in [5, 5.41) is 6.57. The first-order valence-corrected chi connectivity index (χ1v) is 8.03. The van der Waals surface area contributed by atoms with Crippen LogP contribution in [-0.2, 0) is 4.79 Å². The van der Waals surface area contributed by atoms with Crippen molar-refractivity contribution in [3.63, 3.8) is 0 Å². The summed E-state index contributed by atoms with van der Waals surface area (Å²) >= 11 is 0. The van der Waals surface area contributed by atoms with E-state index < -0.39 is 0 Å². The van der Waals surface area contributed by atoms with Gasteiger partial charge in [0.2, 0.25) is 5.91 Å². The number of piperidine rings is 1. The van der Waals surface area contributed by atoms with Gasteiger partial charge in [-0.15, -0.1) is 0 Å². The highest BCUT2D eigenvalue weighted by Crippen LogP contribution is 2.18. The quantitative estimate of drug-likeness (QED) is 0.700. The Morgan fingerprint density at radius 3 is 2.53 bits per heavy atom. The first-order chi connectivity index (χ1) is 9.28. The van der Waals surface area contributed by atoms with Gasteiger partial charge in [0.25, 0.3) is 0 Å². The molecule has 1 saturated heterocycles. The van der Waals surface area contributed by atoms with Crippen LogP contribution in [0.4, 0.5) is 0 Å². The molecule has 0 unspecified atom stereocenters. The van der Waals surface area contributed by atoms with Gasteiger partial charge in [0.1, 0.15) is 0 Å². The molecule has 0 spiro atoms. The summed E-state index contributed by atoms with van der Waals surface area (Å²) in [5.41, 5.74) is 0. The van der Waals surface area contributed by atoms with Gasteiger partial charge in [-0.3, -0.25) is 4.79 Å². The zero-order valence-electron chi connectivity index (χ0n) is 12.3. The molecule has 0 atom stereocenters. The van der Waals surface area contributed by atoms with Crippen LogP contribution in [-0.4, -0.2) is 49.1 Å². The number of nitrogens with one attached hydrogen (secondary N) is 2. The van der Waals surface area contributed by atoms with Crippen molar-refractivity contribution in [1.82, 2.24) is 15.5 Å². The largest absolute Gasteiger partial charge is 0.353 e. The molecule has 1 aliphatic heterocycles. The fourth-order valence-electron chi connectivity index (χ4n) is 2.66. The van der Waals surface area contributed by atoms with Crippen LogP contribution >= 0.6 is 0 Å². The summed E-state index contributed by atoms with van der Waals surface area (Å²) in [7, 11) is 0. The van der Waals surface area contributed by atoms with E-state index in [1.165, 1.54) is 32.2 Å². The second-order valence-corrected chi connectivity index (χ2v) is 6.02. The lowest BCUT2D eigenvalue weighted by Crippen LogP contribution is -2.45. The van der Waals surface area contributed by atoms with E-state index in [4.69, 9.17) is 0 Å². The van der Waals surface area contributed by atoms with Gasteiger partial charge in [-0.25, -0.2) is 0 Å². The Labute approximate surface area is 117 Å². The van der Waals surface area contributed by atoms with Crippen molar-refractivity contribution >= 4 is 5.91 Å². The molecule has 2 N–H and O–H groups in total. The summed E-state index contributed by atoms with van der Waals surface area (Å²) in [6, 6.07) is 1.11. The molecule has 0 bridgehead atoms. The summed E-state index contributed by atoms with van der Waals surface area (Å²) in [6.07, 6.45) is 8.01. The Kier molecular flexibility index (Phi) is 6.11. The Morgan fingerprint density at radius 2 is 1.89 bits per heavy atom. The molecule has 110 valence electrons. The van der Waals surface area contributed by atoms with E-state index >= 15 is 0 Å². The van der Waals surface area contributed by atoms with Crippen molar-refractivity contribution in [1.29, 1.82) is 0 Å². The summed E-state index contributed by atoms with van der Waals surface area (Å²) < 4.78 is 0. The van der Waals surface area contributed by atoms with Gasteiger partial charge in [0.05, 0.1) is 0 Å². The van der Waals surface area contributed by atoms with E-state index in [9.17, 15) is 4.79 Å². The average molecular weight is 267 g/mol. The number of rotatable bonds is 8. The molecule has 0 aromatic carbocycles. The van der Waals surface area contributed by atoms with Gasteiger partial charge in [-0.2, -0.15) is 0 Å². The van der Waals surface area contributed by atoms with Gasteiger partial charge in [0, 0.05) is 38.1 Å². The molecule has 19 heavy (non-hydrogen) atoms. The third kappa shape index (κ3) is 5.91. The van der Waals surface area contributed by atoms with E-state index in [1.54, 1.807) is 0 Å². The normalized spacial score (nSPS) is 21.5. The van der Waals surface area contributed by atoms with E-state index in [1.807, 2.05) is 0 Å². The van der Waals surface area contributed by atoms with Gasteiger partial charge in [-0.1, -0.05) is 13.3 Å². The zero-order valence-corrected chi connectivity index (χ0v) is 12.3. The van der Waals surface area contributed by atoms with Crippen LogP contribution in [0.3, 0.4) is 0 Å². The molecular weight excluding hydrogens is 238 g/mol. The minimum absolute atomic E-state index is 0.222. The first-order valence-electron chi connectivity index (χ1n) is 8.03. The van der Waals surface area contributed by atoms with E-state index in [-0.39, 0.29) is 5.91 Å². The number of hydrogen-bond donors (Lipinski definition) is 2. The zero-order chi connectivity index (χ0) is 13.5. The predicted octanol–water partition coefficient (Wildman–Crippen LogP) is 1.51. The minimum Gasteiger partial charge on any atom is -0.353 e.